The minimum atomic E-state index is 0.483. The summed E-state index contributed by atoms with van der Waals surface area (Å²) in [6.45, 7) is 3.85. The molecule has 0 aliphatic heterocycles. The first-order valence-electron chi connectivity index (χ1n) is 7.73. The Bertz CT molecular complexity index is 568. The Morgan fingerprint density at radius 1 is 1.43 bits per heavy atom. The van der Waals surface area contributed by atoms with Crippen molar-refractivity contribution in [2.24, 2.45) is 0 Å². The third-order valence-electron chi connectivity index (χ3n) is 3.96. The summed E-state index contributed by atoms with van der Waals surface area (Å²) in [5.74, 6) is 1.03. The zero-order valence-electron chi connectivity index (χ0n) is 12.5. The molecule has 1 N–H and O–H groups in total. The fourth-order valence-electron chi connectivity index (χ4n) is 2.94. The number of nitrogens with zero attached hydrogens (tertiary/aromatic N) is 1. The molecule has 112 valence electrons. The molecule has 4 heteroatoms. The molecular formula is C17H22N2OS. The topological polar surface area (TPSA) is 34.1 Å². The van der Waals surface area contributed by atoms with Gasteiger partial charge in [-0.05, 0) is 49.4 Å². The number of hydrogen-bond acceptors (Lipinski definition) is 4. The summed E-state index contributed by atoms with van der Waals surface area (Å²) in [6, 6.07) is 6.93. The molecule has 1 aromatic heterocycles. The Labute approximate surface area is 130 Å². The van der Waals surface area contributed by atoms with Crippen molar-refractivity contribution in [3.8, 4) is 5.75 Å². The predicted octanol–water partition coefficient (Wildman–Crippen LogP) is 4.10. The molecule has 0 bridgehead atoms. The lowest BCUT2D eigenvalue weighted by atomic mass is 9.87. The highest BCUT2D eigenvalue weighted by atomic mass is 32.1. The van der Waals surface area contributed by atoms with Crippen LogP contribution in [-0.2, 0) is 13.0 Å². The van der Waals surface area contributed by atoms with Gasteiger partial charge in [0.05, 0.1) is 11.2 Å². The molecule has 2 aromatic rings. The van der Waals surface area contributed by atoms with Gasteiger partial charge in [0.1, 0.15) is 12.4 Å². The first kappa shape index (κ1) is 14.5. The standard InChI is InChI=1S/C17H22N2OS/c1-2-9-18-16-7-3-6-15-14(16)5-4-8-17(15)20-10-13-11-21-12-19-13/h4-5,8,11-12,16,18H,2-3,6-7,9-10H2,1H3. The molecule has 0 spiro atoms. The molecule has 1 atom stereocenters. The number of thiazole rings is 1. The van der Waals surface area contributed by atoms with Gasteiger partial charge in [-0.2, -0.15) is 0 Å². The van der Waals surface area contributed by atoms with Gasteiger partial charge in [0, 0.05) is 11.4 Å². The summed E-state index contributed by atoms with van der Waals surface area (Å²) in [5.41, 5.74) is 5.66. The van der Waals surface area contributed by atoms with E-state index in [4.69, 9.17) is 4.74 Å². The molecule has 0 amide bonds. The summed E-state index contributed by atoms with van der Waals surface area (Å²) in [7, 11) is 0. The summed E-state index contributed by atoms with van der Waals surface area (Å²) < 4.78 is 6.02. The number of benzene rings is 1. The van der Waals surface area contributed by atoms with Crippen LogP contribution in [0, 0.1) is 0 Å². The smallest absolute Gasteiger partial charge is 0.131 e. The third-order valence-corrected chi connectivity index (χ3v) is 4.60. The molecule has 3 nitrogen and oxygen atoms in total. The van der Waals surface area contributed by atoms with Gasteiger partial charge < -0.3 is 10.1 Å². The van der Waals surface area contributed by atoms with Gasteiger partial charge in [-0.25, -0.2) is 4.98 Å². The molecule has 0 saturated heterocycles. The maximum atomic E-state index is 6.02. The molecular weight excluding hydrogens is 280 g/mol. The van der Waals surface area contributed by atoms with Crippen LogP contribution in [0.25, 0.3) is 0 Å². The van der Waals surface area contributed by atoms with E-state index in [1.807, 2.05) is 10.9 Å². The highest BCUT2D eigenvalue weighted by molar-refractivity contribution is 7.07. The van der Waals surface area contributed by atoms with Gasteiger partial charge >= 0.3 is 0 Å². The molecule has 21 heavy (non-hydrogen) atoms. The highest BCUT2D eigenvalue weighted by Crippen LogP contribution is 2.35. The first-order valence-corrected chi connectivity index (χ1v) is 8.67. The first-order chi connectivity index (χ1) is 10.4. The normalized spacial score (nSPS) is 17.5. The molecule has 1 aliphatic rings. The number of aromatic nitrogens is 1. The quantitative estimate of drug-likeness (QED) is 0.872. The minimum Gasteiger partial charge on any atom is -0.487 e. The van der Waals surface area contributed by atoms with Gasteiger partial charge in [-0.3, -0.25) is 0 Å². The fourth-order valence-corrected chi connectivity index (χ4v) is 3.48. The lowest BCUT2D eigenvalue weighted by molar-refractivity contribution is 0.295. The maximum absolute atomic E-state index is 6.02. The van der Waals surface area contributed by atoms with E-state index >= 15 is 0 Å². The summed E-state index contributed by atoms with van der Waals surface area (Å²) in [6.07, 6.45) is 4.74. The zero-order chi connectivity index (χ0) is 14.5. The molecule has 0 fully saturated rings. The van der Waals surface area contributed by atoms with Crippen LogP contribution in [0.15, 0.2) is 29.1 Å². The van der Waals surface area contributed by atoms with E-state index in [1.165, 1.54) is 30.4 Å². The van der Waals surface area contributed by atoms with E-state index in [0.29, 0.717) is 12.6 Å². The molecule has 1 heterocycles. The van der Waals surface area contributed by atoms with Crippen LogP contribution in [0.2, 0.25) is 0 Å². The second-order valence-electron chi connectivity index (χ2n) is 5.49. The Morgan fingerprint density at radius 3 is 3.19 bits per heavy atom. The van der Waals surface area contributed by atoms with Crippen molar-refractivity contribution in [1.29, 1.82) is 0 Å². The fraction of sp³-hybridized carbons (Fsp3) is 0.471. The maximum Gasteiger partial charge on any atom is 0.131 e. The number of ether oxygens (including phenoxy) is 1. The number of fused-ring (bicyclic) bond motifs is 1. The van der Waals surface area contributed by atoms with Crippen molar-refractivity contribution in [1.82, 2.24) is 10.3 Å². The lowest BCUT2D eigenvalue weighted by Gasteiger charge is -2.28. The van der Waals surface area contributed by atoms with Crippen LogP contribution >= 0.6 is 11.3 Å². The van der Waals surface area contributed by atoms with E-state index in [9.17, 15) is 0 Å². The van der Waals surface area contributed by atoms with Gasteiger partial charge in [-0.15, -0.1) is 11.3 Å². The SMILES string of the molecule is CCCNC1CCCc2c(OCc3cscn3)cccc21. The van der Waals surface area contributed by atoms with Crippen LogP contribution in [0.5, 0.6) is 5.75 Å². The Balaban J connectivity index is 1.76. The lowest BCUT2D eigenvalue weighted by Crippen LogP contribution is -2.26. The molecule has 0 radical (unpaired) electrons. The van der Waals surface area contributed by atoms with E-state index in [1.54, 1.807) is 11.3 Å². The second kappa shape index (κ2) is 7.05. The predicted molar refractivity (Wildman–Crippen MR) is 86.9 cm³/mol. The minimum absolute atomic E-state index is 0.483. The second-order valence-corrected chi connectivity index (χ2v) is 6.21. The number of rotatable bonds is 6. The van der Waals surface area contributed by atoms with Crippen LogP contribution < -0.4 is 10.1 Å². The van der Waals surface area contributed by atoms with Crippen LogP contribution in [0.4, 0.5) is 0 Å². The van der Waals surface area contributed by atoms with Gasteiger partial charge in [0.15, 0.2) is 0 Å². The highest BCUT2D eigenvalue weighted by Gasteiger charge is 2.22. The summed E-state index contributed by atoms with van der Waals surface area (Å²) in [4.78, 5) is 4.28. The van der Waals surface area contributed by atoms with E-state index in [-0.39, 0.29) is 0 Å². The summed E-state index contributed by atoms with van der Waals surface area (Å²) in [5, 5.41) is 5.70. The van der Waals surface area contributed by atoms with Gasteiger partial charge in [-0.1, -0.05) is 19.1 Å². The van der Waals surface area contributed by atoms with Crippen molar-refractivity contribution >= 4 is 11.3 Å². The van der Waals surface area contributed by atoms with E-state index in [2.05, 4.69) is 35.4 Å². The van der Waals surface area contributed by atoms with Crippen LogP contribution in [0.1, 0.15) is 49.0 Å². The molecule has 3 rings (SSSR count). The van der Waals surface area contributed by atoms with Crippen LogP contribution in [0.3, 0.4) is 0 Å². The van der Waals surface area contributed by atoms with Crippen molar-refractivity contribution in [2.45, 2.75) is 45.3 Å². The number of hydrogen-bond donors (Lipinski definition) is 1. The molecule has 1 aromatic carbocycles. The average Bonchev–Trinajstić information content (AvgIpc) is 3.04. The third kappa shape index (κ3) is 3.44. The van der Waals surface area contributed by atoms with Crippen molar-refractivity contribution in [3.05, 3.63) is 45.9 Å². The largest absolute Gasteiger partial charge is 0.487 e. The van der Waals surface area contributed by atoms with E-state index < -0.39 is 0 Å². The van der Waals surface area contributed by atoms with Gasteiger partial charge in [0.2, 0.25) is 0 Å². The van der Waals surface area contributed by atoms with Gasteiger partial charge in [0.25, 0.3) is 0 Å². The Hall–Kier alpha value is -1.39. The zero-order valence-corrected chi connectivity index (χ0v) is 13.3. The Morgan fingerprint density at radius 2 is 2.38 bits per heavy atom. The molecule has 1 unspecified atom stereocenters. The van der Waals surface area contributed by atoms with Crippen molar-refractivity contribution in [3.63, 3.8) is 0 Å². The number of nitrogens with one attached hydrogen (secondary N) is 1. The van der Waals surface area contributed by atoms with E-state index in [0.717, 1.165) is 24.4 Å². The monoisotopic (exact) mass is 302 g/mol. The summed E-state index contributed by atoms with van der Waals surface area (Å²) >= 11 is 1.61. The Kier molecular flexibility index (Phi) is 4.88. The molecule has 0 saturated carbocycles. The average molecular weight is 302 g/mol. The van der Waals surface area contributed by atoms with Crippen molar-refractivity contribution < 1.29 is 4.74 Å². The van der Waals surface area contributed by atoms with Crippen LogP contribution in [-0.4, -0.2) is 11.5 Å². The molecule has 1 aliphatic carbocycles. The van der Waals surface area contributed by atoms with Crippen molar-refractivity contribution in [2.75, 3.05) is 6.54 Å².